The molecule has 3 heterocycles. The summed E-state index contributed by atoms with van der Waals surface area (Å²) in [7, 11) is 0. The molecule has 0 spiro atoms. The standard InChI is InChI=1S/C80H143NO18/c1-3-5-7-9-11-13-15-17-19-21-23-25-26-27-28-29-30-31-32-33-34-35-36-38-40-42-44-46-48-50-52-54-56-58-68(86)81-63(64(85)57-55-53-51-49-47-45-43-41-39-37-24-22-20-18-16-14-12-10-8-6-4-2)62-94-78-74(92)71(89)76(66(60-83)96-78)99-80-75(93)72(90)77(67(61-84)97-80)98-79-73(91)70(88)69(87)65(59-82)95-79/h5,7,11,13,17,19,23,25,47,49,55,57,63-67,69-80,82-85,87-93H,3-4,6,8-10,12,14-16,18,20-22,24,26-46,48,50-54,56,58-62H2,1-2H3,(H,81,86)/b7-5-,13-11-,19-17-,25-23-,49-47+,57-55+. The van der Waals surface area contributed by atoms with Crippen LogP contribution in [0.15, 0.2) is 72.9 Å². The third-order valence-corrected chi connectivity index (χ3v) is 19.5. The minimum atomic E-state index is -1.98. The van der Waals surface area contributed by atoms with Crippen molar-refractivity contribution in [2.45, 2.75) is 401 Å². The second-order valence-electron chi connectivity index (χ2n) is 28.1. The molecule has 12 N–H and O–H groups in total. The summed E-state index contributed by atoms with van der Waals surface area (Å²) in [4.78, 5) is 13.5. The van der Waals surface area contributed by atoms with Gasteiger partial charge in [0.25, 0.3) is 0 Å². The molecule has 3 aliphatic rings. The van der Waals surface area contributed by atoms with Crippen LogP contribution in [0.25, 0.3) is 0 Å². The Labute approximate surface area is 598 Å². The third-order valence-electron chi connectivity index (χ3n) is 19.5. The fraction of sp³-hybridized carbons (Fsp3) is 0.838. The van der Waals surface area contributed by atoms with Gasteiger partial charge in [-0.1, -0.05) is 292 Å². The minimum Gasteiger partial charge on any atom is -0.394 e. The number of rotatable bonds is 62. The Hall–Kier alpha value is -2.77. The molecule has 0 saturated carbocycles. The Morgan fingerprint density at radius 3 is 1.13 bits per heavy atom. The van der Waals surface area contributed by atoms with Crippen LogP contribution in [0.2, 0.25) is 0 Å². The minimum absolute atomic E-state index is 0.236. The van der Waals surface area contributed by atoms with Gasteiger partial charge < -0.3 is 89.9 Å². The van der Waals surface area contributed by atoms with E-state index in [1.165, 1.54) is 199 Å². The molecule has 17 atom stereocenters. The summed E-state index contributed by atoms with van der Waals surface area (Å²) in [5.41, 5.74) is 0. The van der Waals surface area contributed by atoms with Crippen LogP contribution in [0.1, 0.15) is 296 Å². The monoisotopic (exact) mass is 1410 g/mol. The van der Waals surface area contributed by atoms with Crippen molar-refractivity contribution in [2.75, 3.05) is 26.4 Å². The van der Waals surface area contributed by atoms with E-state index in [1.54, 1.807) is 6.08 Å². The highest BCUT2D eigenvalue weighted by Gasteiger charge is 2.53. The Kier molecular flexibility index (Phi) is 55.3. The van der Waals surface area contributed by atoms with Crippen LogP contribution in [-0.4, -0.2) is 193 Å². The Balaban J connectivity index is 1.37. The van der Waals surface area contributed by atoms with Crippen molar-refractivity contribution in [3.05, 3.63) is 72.9 Å². The van der Waals surface area contributed by atoms with Gasteiger partial charge in [-0.3, -0.25) is 4.79 Å². The smallest absolute Gasteiger partial charge is 0.220 e. The maximum atomic E-state index is 13.5. The molecule has 0 aromatic rings. The highest BCUT2D eigenvalue weighted by molar-refractivity contribution is 5.76. The SMILES string of the molecule is CC/C=C\C/C=C\C/C=C\C/C=C\CCCCCCCCCCCCCCCCCCCCCCC(=O)NC(COC1OC(CO)C(OC2OC(CO)C(OC3OC(CO)C(O)C(O)C3O)C(O)C2O)C(O)C1O)C(O)/C=C/CC/C=C/CCCCCCCCCCCCCCCCC. The van der Waals surface area contributed by atoms with Crippen LogP contribution in [-0.2, 0) is 33.2 Å². The molecule has 0 aromatic carbocycles. The maximum absolute atomic E-state index is 13.5. The van der Waals surface area contributed by atoms with Crippen LogP contribution < -0.4 is 5.32 Å². The molecule has 99 heavy (non-hydrogen) atoms. The molecule has 0 radical (unpaired) electrons. The Bertz CT molecular complexity index is 2070. The van der Waals surface area contributed by atoms with Crippen molar-refractivity contribution in [1.29, 1.82) is 0 Å². The van der Waals surface area contributed by atoms with Gasteiger partial charge in [0.1, 0.15) is 73.2 Å². The van der Waals surface area contributed by atoms with Crippen LogP contribution in [0.3, 0.4) is 0 Å². The average molecular weight is 1410 g/mol. The summed E-state index contributed by atoms with van der Waals surface area (Å²) in [6, 6.07) is -0.992. The van der Waals surface area contributed by atoms with Crippen molar-refractivity contribution in [3.8, 4) is 0 Å². The second kappa shape index (κ2) is 60.5. The van der Waals surface area contributed by atoms with Crippen molar-refractivity contribution in [3.63, 3.8) is 0 Å². The molecule has 0 aromatic heterocycles. The summed E-state index contributed by atoms with van der Waals surface area (Å²) in [5, 5.41) is 121. The number of aliphatic hydroxyl groups excluding tert-OH is 11. The van der Waals surface area contributed by atoms with Crippen LogP contribution in [0.5, 0.6) is 0 Å². The molecule has 3 aliphatic heterocycles. The molecule has 0 bridgehead atoms. The van der Waals surface area contributed by atoms with E-state index in [0.717, 1.165) is 64.2 Å². The maximum Gasteiger partial charge on any atom is 0.220 e. The van der Waals surface area contributed by atoms with Gasteiger partial charge in [0, 0.05) is 6.42 Å². The third kappa shape index (κ3) is 40.9. The fourth-order valence-corrected chi connectivity index (χ4v) is 13.1. The number of aliphatic hydroxyl groups is 11. The molecular weight excluding hydrogens is 1260 g/mol. The van der Waals surface area contributed by atoms with Crippen LogP contribution in [0.4, 0.5) is 0 Å². The molecule has 19 nitrogen and oxygen atoms in total. The van der Waals surface area contributed by atoms with Crippen molar-refractivity contribution < 1.29 is 89.4 Å². The van der Waals surface area contributed by atoms with E-state index < -0.39 is 124 Å². The molecule has 576 valence electrons. The molecule has 17 unspecified atom stereocenters. The normalized spacial score (nSPS) is 27.0. The number of hydrogen-bond acceptors (Lipinski definition) is 18. The summed E-state index contributed by atoms with van der Waals surface area (Å²) < 4.78 is 34.4. The van der Waals surface area contributed by atoms with E-state index >= 15 is 0 Å². The van der Waals surface area contributed by atoms with Crippen molar-refractivity contribution in [2.24, 2.45) is 0 Å². The van der Waals surface area contributed by atoms with E-state index in [1.807, 2.05) is 6.08 Å². The Morgan fingerprint density at radius 1 is 0.374 bits per heavy atom. The van der Waals surface area contributed by atoms with E-state index in [4.69, 9.17) is 28.4 Å². The number of carbonyl (C=O) groups excluding carboxylic acids is 1. The van der Waals surface area contributed by atoms with E-state index in [2.05, 4.69) is 79.9 Å². The van der Waals surface area contributed by atoms with Gasteiger partial charge in [-0.2, -0.15) is 0 Å². The van der Waals surface area contributed by atoms with Gasteiger partial charge in [0.05, 0.1) is 38.6 Å². The van der Waals surface area contributed by atoms with E-state index in [9.17, 15) is 61.0 Å². The number of ether oxygens (including phenoxy) is 6. The summed E-state index contributed by atoms with van der Waals surface area (Å²) in [6.45, 7) is 1.64. The number of unbranched alkanes of at least 4 members (excludes halogenated alkanes) is 36. The van der Waals surface area contributed by atoms with Crippen LogP contribution in [0, 0.1) is 0 Å². The van der Waals surface area contributed by atoms with Gasteiger partial charge in [-0.05, 0) is 70.6 Å². The topological polar surface area (TPSA) is 307 Å². The zero-order valence-corrected chi connectivity index (χ0v) is 61.5. The van der Waals surface area contributed by atoms with Gasteiger partial charge in [0.15, 0.2) is 18.9 Å². The van der Waals surface area contributed by atoms with E-state index in [0.29, 0.717) is 12.8 Å². The zero-order valence-electron chi connectivity index (χ0n) is 61.5. The number of carbonyl (C=O) groups is 1. The van der Waals surface area contributed by atoms with Crippen molar-refractivity contribution in [1.82, 2.24) is 5.32 Å². The highest BCUT2D eigenvalue weighted by Crippen LogP contribution is 2.33. The lowest BCUT2D eigenvalue weighted by molar-refractivity contribution is -0.379. The molecule has 3 saturated heterocycles. The summed E-state index contributed by atoms with van der Waals surface area (Å²) in [6.07, 6.45) is 51.8. The van der Waals surface area contributed by atoms with Gasteiger partial charge in [0.2, 0.25) is 5.91 Å². The number of nitrogens with one attached hydrogen (secondary N) is 1. The fourth-order valence-electron chi connectivity index (χ4n) is 13.1. The van der Waals surface area contributed by atoms with E-state index in [-0.39, 0.29) is 18.9 Å². The first-order chi connectivity index (χ1) is 48.3. The Morgan fingerprint density at radius 2 is 0.707 bits per heavy atom. The molecule has 0 aliphatic carbocycles. The zero-order chi connectivity index (χ0) is 71.8. The number of amides is 1. The molecule has 1 amide bonds. The van der Waals surface area contributed by atoms with Crippen molar-refractivity contribution >= 4 is 5.91 Å². The predicted octanol–water partition coefficient (Wildman–Crippen LogP) is 12.8. The molecular formula is C80H143NO18. The van der Waals surface area contributed by atoms with Crippen LogP contribution >= 0.6 is 0 Å². The quantitative estimate of drug-likeness (QED) is 0.0199. The summed E-state index contributed by atoms with van der Waals surface area (Å²) >= 11 is 0. The number of hydrogen-bond donors (Lipinski definition) is 12. The second-order valence-corrected chi connectivity index (χ2v) is 28.1. The van der Waals surface area contributed by atoms with Gasteiger partial charge >= 0.3 is 0 Å². The largest absolute Gasteiger partial charge is 0.394 e. The lowest BCUT2D eigenvalue weighted by Crippen LogP contribution is -2.66. The molecule has 19 heteroatoms. The van der Waals surface area contributed by atoms with Gasteiger partial charge in [-0.15, -0.1) is 0 Å². The first-order valence-electron chi connectivity index (χ1n) is 39.7. The lowest BCUT2D eigenvalue weighted by Gasteiger charge is -2.48. The number of allylic oxidation sites excluding steroid dienone is 11. The average Bonchev–Trinajstić information content (AvgIpc) is 0.761. The predicted molar refractivity (Wildman–Crippen MR) is 392 cm³/mol. The lowest BCUT2D eigenvalue weighted by atomic mass is 9.96. The highest BCUT2D eigenvalue weighted by atomic mass is 16.8. The summed E-state index contributed by atoms with van der Waals surface area (Å²) in [5.74, 6) is -0.282. The first kappa shape index (κ1) is 90.4. The first-order valence-corrected chi connectivity index (χ1v) is 39.7. The molecule has 3 fully saturated rings. The molecule has 3 rings (SSSR count). The van der Waals surface area contributed by atoms with Gasteiger partial charge in [-0.25, -0.2) is 0 Å².